The van der Waals surface area contributed by atoms with Crippen molar-refractivity contribution in [1.29, 1.82) is 0 Å². The molecule has 7 aromatic carbocycles. The summed E-state index contributed by atoms with van der Waals surface area (Å²) in [6.07, 6.45) is 7.75. The molecular weight excluding hydrogens is 877 g/mol. The van der Waals surface area contributed by atoms with Crippen LogP contribution in [0.5, 0.6) is 0 Å². The standard InChI is InChI=1S/C63H58N4O4/c1-6-64(7-2)55-36-26-48-39-58(62(68)70-60(48)41-55)46-22-32-52(33-23-46)66(50-15-11-10-12-16-50)51-28-18-44(19-29-51)45-20-30-53(31-21-45)67(57-17-13-14-43(5)38-57)54-34-24-47(25-35-54)59-40-49-27-37-56(65(8-3)9-4)42-61(49)71-63(59)69/h10-13,15-43H,6-9,14H2,1-5H3. The second-order valence-corrected chi connectivity index (χ2v) is 18.1. The lowest BCUT2D eigenvalue weighted by atomic mass is 9.99. The fourth-order valence-electron chi connectivity index (χ4n) is 9.80. The van der Waals surface area contributed by atoms with E-state index in [1.165, 1.54) is 0 Å². The van der Waals surface area contributed by atoms with Gasteiger partial charge in [-0.3, -0.25) is 0 Å². The summed E-state index contributed by atoms with van der Waals surface area (Å²) in [7, 11) is 0. The van der Waals surface area contributed by atoms with Crippen LogP contribution >= 0.6 is 0 Å². The molecule has 0 amide bonds. The van der Waals surface area contributed by atoms with E-state index in [4.69, 9.17) is 8.83 Å². The molecule has 0 saturated heterocycles. The van der Waals surface area contributed by atoms with Crippen molar-refractivity contribution < 1.29 is 8.83 Å². The van der Waals surface area contributed by atoms with E-state index in [-0.39, 0.29) is 11.3 Å². The molecule has 9 aromatic rings. The van der Waals surface area contributed by atoms with E-state index in [1.807, 2.05) is 78.9 Å². The van der Waals surface area contributed by atoms with Crippen LogP contribution < -0.4 is 30.9 Å². The van der Waals surface area contributed by atoms with Crippen molar-refractivity contribution in [2.45, 2.75) is 41.0 Å². The van der Waals surface area contributed by atoms with E-state index >= 15 is 0 Å². The van der Waals surface area contributed by atoms with Gasteiger partial charge >= 0.3 is 11.3 Å². The zero-order valence-electron chi connectivity index (χ0n) is 41.0. The Balaban J connectivity index is 0.908. The van der Waals surface area contributed by atoms with Crippen LogP contribution in [-0.4, -0.2) is 26.2 Å². The smallest absolute Gasteiger partial charge is 0.344 e. The van der Waals surface area contributed by atoms with Crippen LogP contribution in [0, 0.1) is 5.92 Å². The molecule has 0 aliphatic heterocycles. The Morgan fingerprint density at radius 1 is 0.437 bits per heavy atom. The average Bonchev–Trinajstić information content (AvgIpc) is 3.40. The molecule has 0 saturated carbocycles. The zero-order valence-corrected chi connectivity index (χ0v) is 41.0. The Kier molecular flexibility index (Phi) is 13.3. The minimum atomic E-state index is -0.358. The predicted octanol–water partition coefficient (Wildman–Crippen LogP) is 15.7. The molecule has 0 N–H and O–H groups in total. The number of benzene rings is 7. The first-order chi connectivity index (χ1) is 34.7. The van der Waals surface area contributed by atoms with E-state index in [0.29, 0.717) is 28.2 Å². The molecule has 354 valence electrons. The van der Waals surface area contributed by atoms with Gasteiger partial charge in [0.15, 0.2) is 0 Å². The number of rotatable bonds is 15. The third-order valence-electron chi connectivity index (χ3n) is 13.7. The average molecular weight is 935 g/mol. The van der Waals surface area contributed by atoms with Crippen LogP contribution in [0.1, 0.15) is 41.0 Å². The van der Waals surface area contributed by atoms with Gasteiger partial charge in [0.1, 0.15) is 11.2 Å². The molecule has 10 rings (SSSR count). The molecule has 1 aliphatic carbocycles. The van der Waals surface area contributed by atoms with Crippen LogP contribution in [0.4, 0.5) is 39.8 Å². The van der Waals surface area contributed by atoms with Crippen molar-refractivity contribution >= 4 is 61.8 Å². The van der Waals surface area contributed by atoms with Crippen molar-refractivity contribution in [1.82, 2.24) is 0 Å². The van der Waals surface area contributed by atoms with Crippen molar-refractivity contribution in [2.24, 2.45) is 5.92 Å². The van der Waals surface area contributed by atoms with Gasteiger partial charge in [-0.2, -0.15) is 0 Å². The number of hydrogen-bond acceptors (Lipinski definition) is 8. The van der Waals surface area contributed by atoms with Crippen molar-refractivity contribution in [3.05, 3.63) is 221 Å². The Morgan fingerprint density at radius 3 is 1.23 bits per heavy atom. The first kappa shape index (κ1) is 46.4. The number of allylic oxidation sites excluding steroid dienone is 3. The van der Waals surface area contributed by atoms with Crippen LogP contribution in [0.15, 0.2) is 218 Å². The molecule has 0 bridgehead atoms. The maximum Gasteiger partial charge on any atom is 0.344 e. The number of hydrogen-bond donors (Lipinski definition) is 0. The Morgan fingerprint density at radius 2 is 0.817 bits per heavy atom. The van der Waals surface area contributed by atoms with E-state index in [0.717, 1.165) is 111 Å². The van der Waals surface area contributed by atoms with Crippen molar-refractivity contribution in [3.63, 3.8) is 0 Å². The lowest BCUT2D eigenvalue weighted by molar-refractivity contribution is 0.563. The van der Waals surface area contributed by atoms with Crippen LogP contribution in [-0.2, 0) is 0 Å². The fourth-order valence-corrected chi connectivity index (χ4v) is 9.80. The summed E-state index contributed by atoms with van der Waals surface area (Å²) >= 11 is 0. The van der Waals surface area contributed by atoms with E-state index in [2.05, 4.69) is 170 Å². The minimum Gasteiger partial charge on any atom is -0.422 e. The maximum atomic E-state index is 13.4. The number of anilines is 7. The van der Waals surface area contributed by atoms with Crippen LogP contribution in [0.2, 0.25) is 0 Å². The first-order valence-electron chi connectivity index (χ1n) is 24.8. The molecular formula is C63H58N4O4. The van der Waals surface area contributed by atoms with Gasteiger partial charge in [0.25, 0.3) is 0 Å². The number of nitrogens with zero attached hydrogens (tertiary/aromatic N) is 4. The topological polar surface area (TPSA) is 73.4 Å². The monoisotopic (exact) mass is 934 g/mol. The minimum absolute atomic E-state index is 0.352. The van der Waals surface area contributed by atoms with Gasteiger partial charge in [-0.1, -0.05) is 85.8 Å². The van der Waals surface area contributed by atoms with E-state index in [9.17, 15) is 9.59 Å². The maximum absolute atomic E-state index is 13.4. The molecule has 2 heterocycles. The summed E-state index contributed by atoms with van der Waals surface area (Å²) in [5, 5.41) is 1.78. The molecule has 8 heteroatoms. The molecule has 0 fully saturated rings. The Bertz CT molecular complexity index is 3500. The molecule has 8 nitrogen and oxygen atoms in total. The summed E-state index contributed by atoms with van der Waals surface area (Å²) in [5.41, 5.74) is 13.5. The largest absolute Gasteiger partial charge is 0.422 e. The highest BCUT2D eigenvalue weighted by atomic mass is 16.4. The molecule has 1 unspecified atom stereocenters. The summed E-state index contributed by atoms with van der Waals surface area (Å²) in [5.74, 6) is 0.394. The molecule has 1 aliphatic rings. The second kappa shape index (κ2) is 20.3. The summed E-state index contributed by atoms with van der Waals surface area (Å²) in [6, 6.07) is 59.9. The summed E-state index contributed by atoms with van der Waals surface area (Å²) in [6.45, 7) is 14.2. The lowest BCUT2D eigenvalue weighted by Crippen LogP contribution is -2.21. The lowest BCUT2D eigenvalue weighted by Gasteiger charge is -2.29. The second-order valence-electron chi connectivity index (χ2n) is 18.1. The van der Waals surface area contributed by atoms with Gasteiger partial charge < -0.3 is 28.4 Å². The normalized spacial score (nSPS) is 13.3. The van der Waals surface area contributed by atoms with Gasteiger partial charge in [0.05, 0.1) is 11.1 Å². The van der Waals surface area contributed by atoms with Crippen molar-refractivity contribution in [3.8, 4) is 33.4 Å². The van der Waals surface area contributed by atoms with Gasteiger partial charge in [-0.25, -0.2) is 9.59 Å². The zero-order chi connectivity index (χ0) is 49.0. The number of para-hydroxylation sites is 1. The third-order valence-corrected chi connectivity index (χ3v) is 13.7. The van der Waals surface area contributed by atoms with Crippen molar-refractivity contribution in [2.75, 3.05) is 45.8 Å². The van der Waals surface area contributed by atoms with Gasteiger partial charge in [-0.05, 0) is 165 Å². The molecule has 0 spiro atoms. The first-order valence-corrected chi connectivity index (χ1v) is 24.8. The quantitative estimate of drug-likeness (QED) is 0.0942. The number of fused-ring (bicyclic) bond motifs is 2. The van der Waals surface area contributed by atoms with Gasteiger partial charge in [0, 0.05) is 94.6 Å². The molecule has 1 atom stereocenters. The summed E-state index contributed by atoms with van der Waals surface area (Å²) in [4.78, 5) is 35.8. The van der Waals surface area contributed by atoms with E-state index in [1.54, 1.807) is 0 Å². The van der Waals surface area contributed by atoms with Gasteiger partial charge in [-0.15, -0.1) is 0 Å². The third kappa shape index (κ3) is 9.53. The molecule has 2 aromatic heterocycles. The van der Waals surface area contributed by atoms with Crippen LogP contribution in [0.25, 0.3) is 55.3 Å². The highest BCUT2D eigenvalue weighted by molar-refractivity contribution is 5.87. The highest BCUT2D eigenvalue weighted by Crippen LogP contribution is 2.39. The Hall–Kier alpha value is -8.36. The molecule has 0 radical (unpaired) electrons. The van der Waals surface area contributed by atoms with Gasteiger partial charge in [0.2, 0.25) is 0 Å². The van der Waals surface area contributed by atoms with E-state index < -0.39 is 0 Å². The fraction of sp³-hybridized carbons (Fsp3) is 0.175. The predicted molar refractivity (Wildman–Crippen MR) is 296 cm³/mol. The highest BCUT2D eigenvalue weighted by Gasteiger charge is 2.19. The Labute approximate surface area is 415 Å². The summed E-state index contributed by atoms with van der Waals surface area (Å²) < 4.78 is 11.8. The van der Waals surface area contributed by atoms with Crippen LogP contribution in [0.3, 0.4) is 0 Å². The molecule has 71 heavy (non-hydrogen) atoms. The SMILES string of the molecule is CCN(CC)c1ccc2cc(-c3ccc(N(C4=CC(C)CC=C4)c4ccc(-c5ccc(N(c6ccccc6)c6ccc(-c7cc8ccc(N(CC)CC)cc8oc7=O)cc6)cc5)cc4)cc3)c(=O)oc2c1.